The third-order valence-electron chi connectivity index (χ3n) is 5.09. The number of anilines is 1. The van der Waals surface area contributed by atoms with Crippen LogP contribution in [0, 0.1) is 0 Å². The van der Waals surface area contributed by atoms with Crippen molar-refractivity contribution < 1.29 is 27.4 Å². The fourth-order valence-electron chi connectivity index (χ4n) is 3.54. The standard InChI is InChI=1S/C22H16F3N3O4S2/c23-22(24,25)12-2-1-3-14(8-12)28-20(30)19-15(6-7-33-19)27-21(28)34-10-18(29)26-13-4-5-16-17(9-13)32-11-31-16/h1-5,8-9H,6-7,10-11H2,(H,26,29). The minimum Gasteiger partial charge on any atom is -0.454 e. The van der Waals surface area contributed by atoms with Crippen LogP contribution in [0.3, 0.4) is 0 Å². The van der Waals surface area contributed by atoms with Gasteiger partial charge in [0.05, 0.1) is 27.6 Å². The Balaban J connectivity index is 1.42. The molecule has 34 heavy (non-hydrogen) atoms. The molecular weight excluding hydrogens is 491 g/mol. The SMILES string of the molecule is O=C(CSc1nc2c(c(=O)n1-c1cccc(C(F)(F)F)c1)SCC2)Nc1ccc2c(c1)OCO2. The Morgan fingerprint density at radius 1 is 1.18 bits per heavy atom. The van der Waals surface area contributed by atoms with Crippen LogP contribution in [0.25, 0.3) is 5.69 Å². The van der Waals surface area contributed by atoms with Gasteiger partial charge in [-0.05, 0) is 30.3 Å². The van der Waals surface area contributed by atoms with Crippen molar-refractivity contribution in [3.63, 3.8) is 0 Å². The maximum Gasteiger partial charge on any atom is 0.416 e. The number of nitrogens with one attached hydrogen (secondary N) is 1. The van der Waals surface area contributed by atoms with E-state index < -0.39 is 17.3 Å². The number of hydrogen-bond donors (Lipinski definition) is 1. The summed E-state index contributed by atoms with van der Waals surface area (Å²) in [5, 5.41) is 2.89. The first-order chi connectivity index (χ1) is 16.3. The second-order valence-electron chi connectivity index (χ2n) is 7.36. The van der Waals surface area contributed by atoms with Crippen LogP contribution < -0.4 is 20.3 Å². The van der Waals surface area contributed by atoms with E-state index in [1.807, 2.05) is 0 Å². The molecule has 0 fully saturated rings. The van der Waals surface area contributed by atoms with Crippen molar-refractivity contribution in [2.24, 2.45) is 0 Å². The van der Waals surface area contributed by atoms with Gasteiger partial charge in [0.1, 0.15) is 0 Å². The molecule has 0 aliphatic carbocycles. The van der Waals surface area contributed by atoms with Gasteiger partial charge in [-0.15, -0.1) is 11.8 Å². The van der Waals surface area contributed by atoms with Gasteiger partial charge in [0.15, 0.2) is 16.7 Å². The van der Waals surface area contributed by atoms with Crippen LogP contribution in [0.15, 0.2) is 57.3 Å². The summed E-state index contributed by atoms with van der Waals surface area (Å²) >= 11 is 2.31. The lowest BCUT2D eigenvalue weighted by Crippen LogP contribution is -2.25. The summed E-state index contributed by atoms with van der Waals surface area (Å²) in [6.07, 6.45) is -3.98. The van der Waals surface area contributed by atoms with E-state index in [0.29, 0.717) is 39.9 Å². The molecule has 2 aromatic carbocycles. The van der Waals surface area contributed by atoms with E-state index >= 15 is 0 Å². The molecule has 176 valence electrons. The number of hydrogen-bond acceptors (Lipinski definition) is 7. The van der Waals surface area contributed by atoms with E-state index in [4.69, 9.17) is 9.47 Å². The molecule has 1 amide bonds. The molecule has 2 aliphatic rings. The summed E-state index contributed by atoms with van der Waals surface area (Å²) < 4.78 is 51.5. The normalized spacial score (nSPS) is 14.2. The quantitative estimate of drug-likeness (QED) is 0.406. The Morgan fingerprint density at radius 3 is 2.82 bits per heavy atom. The lowest BCUT2D eigenvalue weighted by Gasteiger charge is -2.15. The molecule has 1 N–H and O–H groups in total. The second-order valence-corrected chi connectivity index (χ2v) is 9.41. The number of halogens is 3. The number of carbonyl (C=O) groups excluding carboxylic acids is 1. The van der Waals surface area contributed by atoms with Crippen LogP contribution in [0.5, 0.6) is 11.5 Å². The zero-order valence-electron chi connectivity index (χ0n) is 17.3. The van der Waals surface area contributed by atoms with E-state index in [2.05, 4.69) is 10.3 Å². The van der Waals surface area contributed by atoms with Crippen LogP contribution in [0.4, 0.5) is 18.9 Å². The van der Waals surface area contributed by atoms with Gasteiger partial charge in [0.25, 0.3) is 5.56 Å². The number of aromatic nitrogens is 2. The third-order valence-corrected chi connectivity index (χ3v) is 7.13. The highest BCUT2D eigenvalue weighted by Crippen LogP contribution is 2.35. The maximum absolute atomic E-state index is 13.3. The predicted octanol–water partition coefficient (Wildman–Crippen LogP) is 4.36. The molecule has 3 aromatic rings. The van der Waals surface area contributed by atoms with Crippen molar-refractivity contribution in [2.45, 2.75) is 22.6 Å². The average molecular weight is 508 g/mol. The van der Waals surface area contributed by atoms with E-state index in [1.165, 1.54) is 23.9 Å². The molecule has 7 nitrogen and oxygen atoms in total. The van der Waals surface area contributed by atoms with Gasteiger partial charge < -0.3 is 14.8 Å². The van der Waals surface area contributed by atoms with Gasteiger partial charge in [-0.3, -0.25) is 14.2 Å². The van der Waals surface area contributed by atoms with E-state index in [9.17, 15) is 22.8 Å². The van der Waals surface area contributed by atoms with Crippen LogP contribution in [-0.2, 0) is 17.4 Å². The first-order valence-electron chi connectivity index (χ1n) is 10.1. The van der Waals surface area contributed by atoms with Crippen molar-refractivity contribution in [1.29, 1.82) is 0 Å². The topological polar surface area (TPSA) is 82.5 Å². The van der Waals surface area contributed by atoms with Gasteiger partial charge >= 0.3 is 6.18 Å². The molecule has 12 heteroatoms. The molecular formula is C22H16F3N3O4S2. The van der Waals surface area contributed by atoms with Gasteiger partial charge in [-0.2, -0.15) is 13.2 Å². The first kappa shape index (κ1) is 22.7. The van der Waals surface area contributed by atoms with Crippen LogP contribution in [0.1, 0.15) is 11.3 Å². The van der Waals surface area contributed by atoms with Gasteiger partial charge in [0.2, 0.25) is 12.7 Å². The lowest BCUT2D eigenvalue weighted by atomic mass is 10.2. The number of alkyl halides is 3. The van der Waals surface area contributed by atoms with E-state index in [-0.39, 0.29) is 29.3 Å². The van der Waals surface area contributed by atoms with Crippen LogP contribution in [0.2, 0.25) is 0 Å². The molecule has 1 aromatic heterocycles. The smallest absolute Gasteiger partial charge is 0.416 e. The average Bonchev–Trinajstić information content (AvgIpc) is 3.46. The molecule has 0 bridgehead atoms. The number of fused-ring (bicyclic) bond motifs is 2. The van der Waals surface area contributed by atoms with Crippen molar-refractivity contribution in [3.8, 4) is 17.2 Å². The summed E-state index contributed by atoms with van der Waals surface area (Å²) in [6.45, 7) is 0.109. The Morgan fingerprint density at radius 2 is 2.00 bits per heavy atom. The highest BCUT2D eigenvalue weighted by molar-refractivity contribution is 8.00. The third kappa shape index (κ3) is 4.47. The molecule has 0 saturated heterocycles. The molecule has 0 radical (unpaired) electrons. The van der Waals surface area contributed by atoms with Crippen LogP contribution in [-0.4, -0.2) is 33.8 Å². The molecule has 3 heterocycles. The number of amides is 1. The molecule has 0 spiro atoms. The van der Waals surface area contributed by atoms with Crippen molar-refractivity contribution in [2.75, 3.05) is 23.6 Å². The Labute approximate surface area is 199 Å². The lowest BCUT2D eigenvalue weighted by molar-refractivity contribution is -0.137. The summed E-state index contributed by atoms with van der Waals surface area (Å²) in [4.78, 5) is 30.7. The molecule has 0 atom stereocenters. The number of carbonyl (C=O) groups is 1. The number of ether oxygens (including phenoxy) is 2. The molecule has 2 aliphatic heterocycles. The fourth-order valence-corrected chi connectivity index (χ4v) is 5.39. The highest BCUT2D eigenvalue weighted by atomic mass is 32.2. The molecule has 5 rings (SSSR count). The highest BCUT2D eigenvalue weighted by Gasteiger charge is 2.31. The summed E-state index contributed by atoms with van der Waals surface area (Å²) in [6, 6.07) is 9.48. The van der Waals surface area contributed by atoms with Gasteiger partial charge in [-0.25, -0.2) is 4.98 Å². The summed E-state index contributed by atoms with van der Waals surface area (Å²) in [5.41, 5.74) is -0.173. The number of nitrogens with zero attached hydrogens (tertiary/aromatic N) is 2. The Kier molecular flexibility index (Phi) is 5.94. The van der Waals surface area contributed by atoms with Gasteiger partial charge in [-0.1, -0.05) is 17.8 Å². The predicted molar refractivity (Wildman–Crippen MR) is 121 cm³/mol. The fraction of sp³-hybridized carbons (Fsp3) is 0.227. The number of rotatable bonds is 5. The molecule has 0 saturated carbocycles. The Hall–Kier alpha value is -3.12. The van der Waals surface area contributed by atoms with Crippen molar-refractivity contribution in [3.05, 3.63) is 64.1 Å². The zero-order chi connectivity index (χ0) is 23.9. The number of thioether (sulfide) groups is 2. The Bertz CT molecular complexity index is 1340. The van der Waals surface area contributed by atoms with E-state index in [1.54, 1.807) is 18.2 Å². The maximum atomic E-state index is 13.3. The monoisotopic (exact) mass is 507 g/mol. The molecule has 0 unspecified atom stereocenters. The summed E-state index contributed by atoms with van der Waals surface area (Å²) in [7, 11) is 0. The number of aryl methyl sites for hydroxylation is 1. The van der Waals surface area contributed by atoms with E-state index in [0.717, 1.165) is 28.5 Å². The first-order valence-corrected chi connectivity index (χ1v) is 12.1. The number of benzene rings is 2. The minimum absolute atomic E-state index is 0.0429. The van der Waals surface area contributed by atoms with Crippen molar-refractivity contribution in [1.82, 2.24) is 9.55 Å². The second kappa shape index (κ2) is 8.91. The van der Waals surface area contributed by atoms with Crippen LogP contribution >= 0.6 is 23.5 Å². The zero-order valence-corrected chi connectivity index (χ0v) is 19.0. The largest absolute Gasteiger partial charge is 0.454 e. The summed E-state index contributed by atoms with van der Waals surface area (Å²) in [5.74, 6) is 1.29. The minimum atomic E-state index is -4.56. The van der Waals surface area contributed by atoms with Crippen molar-refractivity contribution >= 4 is 35.1 Å². The van der Waals surface area contributed by atoms with Gasteiger partial charge in [0, 0.05) is 23.9 Å².